The van der Waals surface area contributed by atoms with Gasteiger partial charge in [-0.15, -0.1) is 0 Å². The van der Waals surface area contributed by atoms with Crippen molar-refractivity contribution < 1.29 is 19.3 Å². The van der Waals surface area contributed by atoms with Crippen LogP contribution in [0.3, 0.4) is 0 Å². The highest BCUT2D eigenvalue weighted by molar-refractivity contribution is 6.47. The Morgan fingerprint density at radius 3 is 2.76 bits per heavy atom. The lowest BCUT2D eigenvalue weighted by atomic mass is 9.64. The Morgan fingerprint density at radius 1 is 1.21 bits per heavy atom. The maximum Gasteiger partial charge on any atom is 0.526 e. The molecule has 0 radical (unpaired) electrons. The standard InChI is InChI=1S/C22H25BN2O4/c1-14(26)20-4-2-3-16-10-19(23(28)29-22(16)20)11-21(27)15-5-6-17-12-25(8-7-24)13-18(17)9-15/h2-6,9,19,28H,7-8,10-13,24H2,1H3/t19-/m1/s1. The number of ketones is 2. The number of Topliss-reactive ketones (excluding diaryl/α,β-unsaturated/α-hetero) is 2. The van der Waals surface area contributed by atoms with Crippen molar-refractivity contribution in [3.05, 3.63) is 64.2 Å². The summed E-state index contributed by atoms with van der Waals surface area (Å²) in [5.74, 6) is -0.0257. The molecule has 0 amide bonds. The highest BCUT2D eigenvalue weighted by Gasteiger charge is 2.37. The molecule has 2 aromatic rings. The Hall–Kier alpha value is -2.48. The molecule has 150 valence electrons. The van der Waals surface area contributed by atoms with Gasteiger partial charge in [-0.05, 0) is 42.2 Å². The first kappa shape index (κ1) is 19.8. The molecule has 0 aliphatic carbocycles. The highest BCUT2D eigenvalue weighted by atomic mass is 16.5. The molecule has 3 N–H and O–H groups in total. The quantitative estimate of drug-likeness (QED) is 0.579. The molecule has 0 bridgehead atoms. The predicted molar refractivity (Wildman–Crippen MR) is 111 cm³/mol. The van der Waals surface area contributed by atoms with Crippen LogP contribution in [0, 0.1) is 0 Å². The van der Waals surface area contributed by atoms with Crippen LogP contribution in [0.25, 0.3) is 0 Å². The van der Waals surface area contributed by atoms with Gasteiger partial charge in [0.15, 0.2) is 11.6 Å². The largest absolute Gasteiger partial charge is 0.535 e. The third kappa shape index (κ3) is 3.99. The van der Waals surface area contributed by atoms with Gasteiger partial charge in [-0.3, -0.25) is 14.5 Å². The molecular formula is C22H25BN2O4. The number of nitrogens with zero attached hydrogens (tertiary/aromatic N) is 1. The van der Waals surface area contributed by atoms with Gasteiger partial charge in [-0.2, -0.15) is 0 Å². The minimum Gasteiger partial charge on any atom is -0.535 e. The maximum atomic E-state index is 12.9. The van der Waals surface area contributed by atoms with Gasteiger partial charge < -0.3 is 15.4 Å². The van der Waals surface area contributed by atoms with Gasteiger partial charge in [0.2, 0.25) is 0 Å². The van der Waals surface area contributed by atoms with Gasteiger partial charge in [0.1, 0.15) is 5.75 Å². The number of fused-ring (bicyclic) bond motifs is 2. The Balaban J connectivity index is 1.48. The molecule has 4 rings (SSSR count). The lowest BCUT2D eigenvalue weighted by Crippen LogP contribution is -2.35. The summed E-state index contributed by atoms with van der Waals surface area (Å²) in [6, 6.07) is 11.2. The van der Waals surface area contributed by atoms with Crippen molar-refractivity contribution in [2.75, 3.05) is 13.1 Å². The zero-order valence-electron chi connectivity index (χ0n) is 16.6. The molecule has 7 heteroatoms. The molecule has 2 heterocycles. The van der Waals surface area contributed by atoms with Crippen LogP contribution >= 0.6 is 0 Å². The zero-order chi connectivity index (χ0) is 20.5. The summed E-state index contributed by atoms with van der Waals surface area (Å²) in [6.07, 6.45) is 0.689. The van der Waals surface area contributed by atoms with Gasteiger partial charge in [0, 0.05) is 44.0 Å². The summed E-state index contributed by atoms with van der Waals surface area (Å²) < 4.78 is 5.65. The highest BCUT2D eigenvalue weighted by Crippen LogP contribution is 2.37. The normalized spacial score (nSPS) is 18.2. The average Bonchev–Trinajstić information content (AvgIpc) is 3.09. The van der Waals surface area contributed by atoms with Crippen molar-refractivity contribution in [2.45, 2.75) is 38.7 Å². The fourth-order valence-electron chi connectivity index (χ4n) is 4.27. The van der Waals surface area contributed by atoms with Crippen LogP contribution in [-0.4, -0.2) is 41.7 Å². The lowest BCUT2D eigenvalue weighted by molar-refractivity contribution is 0.0971. The van der Waals surface area contributed by atoms with Gasteiger partial charge in [0.05, 0.1) is 5.56 Å². The Morgan fingerprint density at radius 2 is 2.00 bits per heavy atom. The van der Waals surface area contributed by atoms with E-state index in [2.05, 4.69) is 4.90 Å². The summed E-state index contributed by atoms with van der Waals surface area (Å²) in [5, 5.41) is 10.5. The number of rotatable bonds is 6. The second kappa shape index (κ2) is 8.10. The summed E-state index contributed by atoms with van der Waals surface area (Å²) in [4.78, 5) is 27.0. The number of benzene rings is 2. The summed E-state index contributed by atoms with van der Waals surface area (Å²) in [5.41, 5.74) is 10.0. The molecule has 2 aromatic carbocycles. The van der Waals surface area contributed by atoms with Crippen molar-refractivity contribution in [1.29, 1.82) is 0 Å². The summed E-state index contributed by atoms with van der Waals surface area (Å²) in [7, 11) is -1.11. The molecule has 1 atom stereocenters. The molecule has 29 heavy (non-hydrogen) atoms. The predicted octanol–water partition coefficient (Wildman–Crippen LogP) is 2.22. The SMILES string of the molecule is CC(=O)c1cccc2c1OB(O)[C@@H](CC(=O)c1ccc3c(c1)CN(CCN)C3)C2. The van der Waals surface area contributed by atoms with E-state index in [0.717, 1.165) is 25.2 Å². The number of hydrogen-bond acceptors (Lipinski definition) is 6. The molecule has 0 spiro atoms. The van der Waals surface area contributed by atoms with Gasteiger partial charge in [0.25, 0.3) is 0 Å². The van der Waals surface area contributed by atoms with E-state index in [1.54, 1.807) is 6.07 Å². The number of nitrogens with two attached hydrogens (primary N) is 1. The van der Waals surface area contributed by atoms with Crippen LogP contribution in [-0.2, 0) is 19.5 Å². The minimum absolute atomic E-state index is 0.0103. The molecular weight excluding hydrogens is 367 g/mol. The monoisotopic (exact) mass is 392 g/mol. The number of hydrogen-bond donors (Lipinski definition) is 2. The molecule has 2 aliphatic rings. The van der Waals surface area contributed by atoms with Crippen LogP contribution in [0.1, 0.15) is 50.8 Å². The van der Waals surface area contributed by atoms with E-state index >= 15 is 0 Å². The third-order valence-corrected chi connectivity index (χ3v) is 5.81. The number of carbonyl (C=O) groups excluding carboxylic acids is 2. The Labute approximate surface area is 170 Å². The summed E-state index contributed by atoms with van der Waals surface area (Å²) >= 11 is 0. The van der Waals surface area contributed by atoms with E-state index in [-0.39, 0.29) is 23.8 Å². The fourth-order valence-corrected chi connectivity index (χ4v) is 4.27. The second-order valence-corrected chi connectivity index (χ2v) is 7.93. The van der Waals surface area contributed by atoms with Crippen molar-refractivity contribution in [2.24, 2.45) is 5.73 Å². The first-order valence-electron chi connectivity index (χ1n) is 10.0. The smallest absolute Gasteiger partial charge is 0.526 e. The van der Waals surface area contributed by atoms with Crippen LogP contribution in [0.15, 0.2) is 36.4 Å². The average molecular weight is 392 g/mol. The molecule has 0 saturated heterocycles. The van der Waals surface area contributed by atoms with E-state index in [1.807, 2.05) is 30.3 Å². The van der Waals surface area contributed by atoms with E-state index in [4.69, 9.17) is 10.4 Å². The van der Waals surface area contributed by atoms with Crippen LogP contribution in [0.2, 0.25) is 5.82 Å². The Bertz CT molecular complexity index is 962. The summed E-state index contributed by atoms with van der Waals surface area (Å²) in [6.45, 7) is 4.61. The molecule has 0 saturated carbocycles. The van der Waals surface area contributed by atoms with Gasteiger partial charge in [-0.1, -0.05) is 24.3 Å². The topological polar surface area (TPSA) is 92.9 Å². The van der Waals surface area contributed by atoms with Gasteiger partial charge in [-0.25, -0.2) is 0 Å². The fraction of sp³-hybridized carbons (Fsp3) is 0.364. The number of para-hydroxylation sites is 1. The zero-order valence-corrected chi connectivity index (χ0v) is 16.6. The van der Waals surface area contributed by atoms with E-state index in [9.17, 15) is 14.6 Å². The first-order valence-corrected chi connectivity index (χ1v) is 10.0. The van der Waals surface area contributed by atoms with Gasteiger partial charge >= 0.3 is 7.12 Å². The maximum absolute atomic E-state index is 12.9. The van der Waals surface area contributed by atoms with Crippen LogP contribution < -0.4 is 10.4 Å². The molecule has 0 fully saturated rings. The molecule has 0 aromatic heterocycles. The molecule has 2 aliphatic heterocycles. The van der Waals surface area contributed by atoms with Crippen molar-refractivity contribution in [3.8, 4) is 5.75 Å². The van der Waals surface area contributed by atoms with Crippen molar-refractivity contribution in [3.63, 3.8) is 0 Å². The minimum atomic E-state index is -1.11. The van der Waals surface area contributed by atoms with Crippen molar-refractivity contribution >= 4 is 18.7 Å². The molecule has 0 unspecified atom stereocenters. The lowest BCUT2D eigenvalue weighted by Gasteiger charge is -2.28. The van der Waals surface area contributed by atoms with E-state index in [0.29, 0.717) is 29.8 Å². The first-order chi connectivity index (χ1) is 14.0. The van der Waals surface area contributed by atoms with Crippen LogP contribution in [0.5, 0.6) is 5.75 Å². The Kier molecular flexibility index (Phi) is 5.54. The number of carbonyl (C=O) groups is 2. The second-order valence-electron chi connectivity index (χ2n) is 7.93. The van der Waals surface area contributed by atoms with E-state index in [1.165, 1.54) is 18.1 Å². The van der Waals surface area contributed by atoms with Crippen LogP contribution in [0.4, 0.5) is 0 Å². The van der Waals surface area contributed by atoms with E-state index < -0.39 is 7.12 Å². The molecule has 6 nitrogen and oxygen atoms in total. The van der Waals surface area contributed by atoms with Crippen molar-refractivity contribution in [1.82, 2.24) is 4.90 Å². The third-order valence-electron chi connectivity index (χ3n) is 5.81.